The van der Waals surface area contributed by atoms with Crippen LogP contribution >= 0.6 is 15.9 Å². The molecule has 1 aliphatic rings. The van der Waals surface area contributed by atoms with Gasteiger partial charge in [0.2, 0.25) is 0 Å². The molecule has 4 heteroatoms. The van der Waals surface area contributed by atoms with E-state index in [1.807, 2.05) is 6.07 Å². The number of hydrogen-bond donors (Lipinski definition) is 1. The SMILES string of the molecule is CNC1CCN(c2cc(Br)cc(OC)c2)C(C)C1C. The predicted octanol–water partition coefficient (Wildman–Crippen LogP) is 3.28. The van der Waals surface area contributed by atoms with Crippen LogP contribution in [0, 0.1) is 5.92 Å². The van der Waals surface area contributed by atoms with E-state index in [0.29, 0.717) is 18.0 Å². The molecule has 0 bridgehead atoms. The summed E-state index contributed by atoms with van der Waals surface area (Å²) in [7, 11) is 3.77. The van der Waals surface area contributed by atoms with Gasteiger partial charge in [-0.2, -0.15) is 0 Å². The first-order chi connectivity index (χ1) is 9.06. The molecule has 0 amide bonds. The average Bonchev–Trinajstić information content (AvgIpc) is 2.41. The standard InChI is InChI=1S/C15H23BrN2O/c1-10-11(2)18(6-5-15(10)17-3)13-7-12(16)8-14(9-13)19-4/h7-11,15,17H,5-6H2,1-4H3. The maximum atomic E-state index is 5.36. The number of hydrogen-bond acceptors (Lipinski definition) is 3. The van der Waals surface area contributed by atoms with Crippen molar-refractivity contribution < 1.29 is 4.74 Å². The Morgan fingerprint density at radius 2 is 2.05 bits per heavy atom. The molecule has 106 valence electrons. The zero-order valence-electron chi connectivity index (χ0n) is 12.1. The van der Waals surface area contributed by atoms with E-state index in [1.165, 1.54) is 12.1 Å². The minimum absolute atomic E-state index is 0.519. The Kier molecular flexibility index (Phi) is 4.74. The summed E-state index contributed by atoms with van der Waals surface area (Å²) >= 11 is 3.56. The fraction of sp³-hybridized carbons (Fsp3) is 0.600. The summed E-state index contributed by atoms with van der Waals surface area (Å²) < 4.78 is 6.43. The van der Waals surface area contributed by atoms with Gasteiger partial charge < -0.3 is 15.0 Å². The molecule has 1 aromatic carbocycles. The van der Waals surface area contributed by atoms with Crippen molar-refractivity contribution in [1.82, 2.24) is 5.32 Å². The number of ether oxygens (including phenoxy) is 1. The van der Waals surface area contributed by atoms with Crippen molar-refractivity contribution in [2.24, 2.45) is 5.92 Å². The highest BCUT2D eigenvalue weighted by molar-refractivity contribution is 9.10. The number of piperidine rings is 1. The van der Waals surface area contributed by atoms with Crippen LogP contribution in [-0.4, -0.2) is 32.8 Å². The van der Waals surface area contributed by atoms with E-state index >= 15 is 0 Å². The quantitative estimate of drug-likeness (QED) is 0.922. The second-order valence-electron chi connectivity index (χ2n) is 5.33. The summed E-state index contributed by atoms with van der Waals surface area (Å²) in [6, 6.07) is 7.42. The van der Waals surface area contributed by atoms with Crippen molar-refractivity contribution in [1.29, 1.82) is 0 Å². The van der Waals surface area contributed by atoms with Gasteiger partial charge in [-0.25, -0.2) is 0 Å². The van der Waals surface area contributed by atoms with Gasteiger partial charge in [-0.3, -0.25) is 0 Å². The highest BCUT2D eigenvalue weighted by atomic mass is 79.9. The summed E-state index contributed by atoms with van der Waals surface area (Å²) in [5, 5.41) is 3.43. The number of methoxy groups -OCH3 is 1. The van der Waals surface area contributed by atoms with Crippen LogP contribution in [-0.2, 0) is 0 Å². The summed E-state index contributed by atoms with van der Waals surface area (Å²) in [6.45, 7) is 5.71. The van der Waals surface area contributed by atoms with Gasteiger partial charge in [0.05, 0.1) is 7.11 Å². The number of rotatable bonds is 3. The molecule has 0 aliphatic carbocycles. The first-order valence-electron chi connectivity index (χ1n) is 6.85. The van der Waals surface area contributed by atoms with Crippen molar-refractivity contribution in [2.75, 3.05) is 25.6 Å². The number of nitrogens with zero attached hydrogens (tertiary/aromatic N) is 1. The summed E-state index contributed by atoms with van der Waals surface area (Å²) in [5.41, 5.74) is 1.24. The van der Waals surface area contributed by atoms with Crippen LogP contribution in [0.3, 0.4) is 0 Å². The Morgan fingerprint density at radius 1 is 1.32 bits per heavy atom. The lowest BCUT2D eigenvalue weighted by atomic mass is 9.87. The van der Waals surface area contributed by atoms with Gasteiger partial charge in [0.1, 0.15) is 5.75 Å². The molecule has 1 fully saturated rings. The molecule has 3 unspecified atom stereocenters. The molecule has 19 heavy (non-hydrogen) atoms. The van der Waals surface area contributed by atoms with Crippen LogP contribution < -0.4 is 15.0 Å². The first-order valence-corrected chi connectivity index (χ1v) is 7.64. The van der Waals surface area contributed by atoms with E-state index in [4.69, 9.17) is 4.74 Å². The molecule has 3 nitrogen and oxygen atoms in total. The largest absolute Gasteiger partial charge is 0.497 e. The van der Waals surface area contributed by atoms with Crippen LogP contribution in [0.1, 0.15) is 20.3 Å². The first kappa shape index (κ1) is 14.7. The molecule has 1 aliphatic heterocycles. The minimum atomic E-state index is 0.519. The minimum Gasteiger partial charge on any atom is -0.497 e. The molecule has 1 heterocycles. The molecule has 1 N–H and O–H groups in total. The lowest BCUT2D eigenvalue weighted by molar-refractivity contribution is 0.282. The number of benzene rings is 1. The Labute approximate surface area is 124 Å². The Balaban J connectivity index is 2.24. The third-order valence-electron chi connectivity index (χ3n) is 4.36. The van der Waals surface area contributed by atoms with E-state index in [9.17, 15) is 0 Å². The van der Waals surface area contributed by atoms with Crippen molar-refractivity contribution in [3.05, 3.63) is 22.7 Å². The van der Waals surface area contributed by atoms with Crippen molar-refractivity contribution in [3.63, 3.8) is 0 Å². The van der Waals surface area contributed by atoms with E-state index in [-0.39, 0.29) is 0 Å². The van der Waals surface area contributed by atoms with Gasteiger partial charge >= 0.3 is 0 Å². The molecule has 3 atom stereocenters. The lowest BCUT2D eigenvalue weighted by Crippen LogP contribution is -2.52. The highest BCUT2D eigenvalue weighted by Crippen LogP contribution is 2.33. The van der Waals surface area contributed by atoms with Crippen molar-refractivity contribution in [3.8, 4) is 5.75 Å². The normalized spacial score (nSPS) is 27.4. The van der Waals surface area contributed by atoms with Gasteiger partial charge in [0.15, 0.2) is 0 Å². The summed E-state index contributed by atoms with van der Waals surface area (Å²) in [5.74, 6) is 1.53. The fourth-order valence-corrected chi connectivity index (χ4v) is 3.43. The molecule has 0 saturated carbocycles. The predicted molar refractivity (Wildman–Crippen MR) is 84.1 cm³/mol. The maximum Gasteiger partial charge on any atom is 0.122 e. The maximum absolute atomic E-state index is 5.36. The highest BCUT2D eigenvalue weighted by Gasteiger charge is 2.31. The Morgan fingerprint density at radius 3 is 2.68 bits per heavy atom. The Bertz CT molecular complexity index is 438. The van der Waals surface area contributed by atoms with Crippen LogP contribution in [0.2, 0.25) is 0 Å². The molecule has 0 aromatic heterocycles. The molecule has 2 rings (SSSR count). The van der Waals surface area contributed by atoms with Gasteiger partial charge in [-0.15, -0.1) is 0 Å². The van der Waals surface area contributed by atoms with Gasteiger partial charge in [-0.05, 0) is 38.4 Å². The monoisotopic (exact) mass is 326 g/mol. The molecular formula is C15H23BrN2O. The smallest absolute Gasteiger partial charge is 0.122 e. The third kappa shape index (κ3) is 3.06. The molecule has 0 radical (unpaired) electrons. The Hall–Kier alpha value is -0.740. The summed E-state index contributed by atoms with van der Waals surface area (Å²) in [4.78, 5) is 2.48. The second kappa shape index (κ2) is 6.14. The topological polar surface area (TPSA) is 24.5 Å². The van der Waals surface area contributed by atoms with Crippen LogP contribution in [0.25, 0.3) is 0 Å². The van der Waals surface area contributed by atoms with Gasteiger partial charge in [-0.1, -0.05) is 22.9 Å². The molecule has 1 aromatic rings. The number of nitrogens with one attached hydrogen (secondary N) is 1. The van der Waals surface area contributed by atoms with E-state index < -0.39 is 0 Å². The van der Waals surface area contributed by atoms with Gasteiger partial charge in [0, 0.05) is 34.9 Å². The molecule has 1 saturated heterocycles. The molecular weight excluding hydrogens is 304 g/mol. The lowest BCUT2D eigenvalue weighted by Gasteiger charge is -2.44. The zero-order valence-corrected chi connectivity index (χ0v) is 13.7. The van der Waals surface area contributed by atoms with Crippen LogP contribution in [0.4, 0.5) is 5.69 Å². The van der Waals surface area contributed by atoms with Crippen molar-refractivity contribution in [2.45, 2.75) is 32.4 Å². The fourth-order valence-electron chi connectivity index (χ4n) is 2.97. The average molecular weight is 327 g/mol. The second-order valence-corrected chi connectivity index (χ2v) is 6.24. The number of anilines is 1. The van der Waals surface area contributed by atoms with E-state index in [2.05, 4.69) is 59.2 Å². The molecule has 0 spiro atoms. The van der Waals surface area contributed by atoms with E-state index in [1.54, 1.807) is 7.11 Å². The van der Waals surface area contributed by atoms with Crippen LogP contribution in [0.5, 0.6) is 5.75 Å². The van der Waals surface area contributed by atoms with Gasteiger partial charge in [0.25, 0.3) is 0 Å². The summed E-state index contributed by atoms with van der Waals surface area (Å²) in [6.07, 6.45) is 1.18. The number of halogens is 1. The zero-order chi connectivity index (χ0) is 14.0. The third-order valence-corrected chi connectivity index (χ3v) is 4.82. The van der Waals surface area contributed by atoms with E-state index in [0.717, 1.165) is 16.8 Å². The van der Waals surface area contributed by atoms with Crippen LogP contribution in [0.15, 0.2) is 22.7 Å². The van der Waals surface area contributed by atoms with Crippen molar-refractivity contribution >= 4 is 21.6 Å².